The van der Waals surface area contributed by atoms with E-state index in [9.17, 15) is 4.79 Å². The zero-order valence-electron chi connectivity index (χ0n) is 8.37. The number of hydrogen-bond acceptors (Lipinski definition) is 4. The van der Waals surface area contributed by atoms with Crippen LogP contribution >= 0.6 is 0 Å². The summed E-state index contributed by atoms with van der Waals surface area (Å²) >= 11 is 0. The molecule has 0 fully saturated rings. The van der Waals surface area contributed by atoms with Crippen molar-refractivity contribution in [2.24, 2.45) is 5.84 Å². The van der Waals surface area contributed by atoms with E-state index in [4.69, 9.17) is 15.3 Å². The van der Waals surface area contributed by atoms with Gasteiger partial charge in [0, 0.05) is 5.56 Å². The number of hydrogen-bond donors (Lipinski definition) is 2. The van der Waals surface area contributed by atoms with Crippen molar-refractivity contribution in [1.29, 1.82) is 0 Å². The lowest BCUT2D eigenvalue weighted by Crippen LogP contribution is -2.30. The summed E-state index contributed by atoms with van der Waals surface area (Å²) in [4.78, 5) is 11.4. The number of fused-ring (bicyclic) bond motifs is 1. The van der Waals surface area contributed by atoms with Crippen LogP contribution in [0.5, 0.6) is 11.5 Å². The molecule has 2 rings (SSSR count). The lowest BCUT2D eigenvalue weighted by Gasteiger charge is -2.19. The number of nitrogens with one attached hydrogen (secondary N) is 1. The van der Waals surface area contributed by atoms with Gasteiger partial charge in [0.15, 0.2) is 11.5 Å². The van der Waals surface area contributed by atoms with Crippen LogP contribution in [0.3, 0.4) is 0 Å². The molecular formula is C10H12N2O3. The Morgan fingerprint density at radius 1 is 1.33 bits per heavy atom. The number of rotatable bonds is 1. The van der Waals surface area contributed by atoms with Gasteiger partial charge in [0.25, 0.3) is 5.91 Å². The number of amides is 1. The summed E-state index contributed by atoms with van der Waals surface area (Å²) in [5, 5.41) is 0. The molecule has 1 aliphatic rings. The lowest BCUT2D eigenvalue weighted by molar-refractivity contribution is 0.0951. The zero-order chi connectivity index (χ0) is 10.8. The highest BCUT2D eigenvalue weighted by molar-refractivity contribution is 5.96. The second-order valence-corrected chi connectivity index (χ2v) is 3.28. The molecule has 0 unspecified atom stereocenters. The number of benzene rings is 1. The molecule has 1 aromatic rings. The van der Waals surface area contributed by atoms with Gasteiger partial charge in [-0.2, -0.15) is 0 Å². The first-order chi connectivity index (χ1) is 7.22. The predicted octanol–water partition coefficient (Wildman–Crippen LogP) is 0.370. The van der Waals surface area contributed by atoms with Crippen molar-refractivity contribution in [2.75, 3.05) is 13.2 Å². The summed E-state index contributed by atoms with van der Waals surface area (Å²) < 4.78 is 10.8. The van der Waals surface area contributed by atoms with E-state index >= 15 is 0 Å². The van der Waals surface area contributed by atoms with Crippen molar-refractivity contribution in [3.05, 3.63) is 23.3 Å². The van der Waals surface area contributed by atoms with E-state index in [-0.39, 0.29) is 5.91 Å². The van der Waals surface area contributed by atoms with Crippen LogP contribution in [0.15, 0.2) is 12.1 Å². The normalized spacial score (nSPS) is 13.5. The standard InChI is InChI=1S/C10H12N2O3/c1-6-4-8-9(15-3-2-14-8)5-7(6)10(13)12-11/h4-5H,2-3,11H2,1H3,(H,12,13). The summed E-state index contributed by atoms with van der Waals surface area (Å²) in [7, 11) is 0. The van der Waals surface area contributed by atoms with Gasteiger partial charge < -0.3 is 9.47 Å². The third-order valence-corrected chi connectivity index (χ3v) is 2.26. The van der Waals surface area contributed by atoms with Crippen LogP contribution < -0.4 is 20.7 Å². The lowest BCUT2D eigenvalue weighted by atomic mass is 10.1. The zero-order valence-corrected chi connectivity index (χ0v) is 8.37. The van der Waals surface area contributed by atoms with Crippen LogP contribution in [-0.2, 0) is 0 Å². The fourth-order valence-electron chi connectivity index (χ4n) is 1.51. The summed E-state index contributed by atoms with van der Waals surface area (Å²) in [6.45, 7) is 2.86. The minimum absolute atomic E-state index is 0.329. The Kier molecular flexibility index (Phi) is 2.47. The SMILES string of the molecule is Cc1cc2c(cc1C(=O)NN)OCCO2. The Bertz CT molecular complexity index is 404. The van der Waals surface area contributed by atoms with Crippen molar-refractivity contribution in [2.45, 2.75) is 6.92 Å². The Labute approximate surface area is 87.1 Å². The molecule has 1 aromatic carbocycles. The summed E-state index contributed by atoms with van der Waals surface area (Å²) in [6, 6.07) is 3.42. The average molecular weight is 208 g/mol. The van der Waals surface area contributed by atoms with E-state index in [1.54, 1.807) is 12.1 Å². The Morgan fingerprint density at radius 2 is 1.93 bits per heavy atom. The Morgan fingerprint density at radius 3 is 2.53 bits per heavy atom. The molecule has 1 amide bonds. The van der Waals surface area contributed by atoms with Crippen LogP contribution in [0.1, 0.15) is 15.9 Å². The molecule has 80 valence electrons. The second kappa shape index (κ2) is 3.78. The predicted molar refractivity (Wildman–Crippen MR) is 53.8 cm³/mol. The molecule has 5 nitrogen and oxygen atoms in total. The maximum absolute atomic E-state index is 11.4. The molecule has 0 atom stereocenters. The van der Waals surface area contributed by atoms with Crippen LogP contribution in [0.25, 0.3) is 0 Å². The number of aryl methyl sites for hydroxylation is 1. The topological polar surface area (TPSA) is 73.6 Å². The van der Waals surface area contributed by atoms with Crippen molar-refractivity contribution < 1.29 is 14.3 Å². The average Bonchev–Trinajstić information content (AvgIpc) is 2.27. The first-order valence-corrected chi connectivity index (χ1v) is 4.63. The molecule has 5 heteroatoms. The smallest absolute Gasteiger partial charge is 0.265 e. The van der Waals surface area contributed by atoms with Gasteiger partial charge in [-0.3, -0.25) is 10.2 Å². The molecule has 3 N–H and O–H groups in total. The van der Waals surface area contributed by atoms with Gasteiger partial charge in [-0.25, -0.2) is 5.84 Å². The van der Waals surface area contributed by atoms with E-state index < -0.39 is 0 Å². The van der Waals surface area contributed by atoms with Gasteiger partial charge in [-0.05, 0) is 24.6 Å². The third kappa shape index (κ3) is 1.73. The minimum Gasteiger partial charge on any atom is -0.486 e. The van der Waals surface area contributed by atoms with Crippen LogP contribution in [0, 0.1) is 6.92 Å². The number of nitrogen functional groups attached to an aromatic ring is 1. The molecule has 0 aliphatic carbocycles. The second-order valence-electron chi connectivity index (χ2n) is 3.28. The van der Waals surface area contributed by atoms with Crippen molar-refractivity contribution in [1.82, 2.24) is 5.43 Å². The summed E-state index contributed by atoms with van der Waals surface area (Å²) in [5.74, 6) is 6.01. The van der Waals surface area contributed by atoms with E-state index in [2.05, 4.69) is 5.43 Å². The fourth-order valence-corrected chi connectivity index (χ4v) is 1.51. The van der Waals surface area contributed by atoms with Crippen LogP contribution in [-0.4, -0.2) is 19.1 Å². The maximum atomic E-state index is 11.4. The first kappa shape index (κ1) is 9.79. The molecule has 0 aromatic heterocycles. The number of ether oxygens (including phenoxy) is 2. The highest BCUT2D eigenvalue weighted by Gasteiger charge is 2.17. The van der Waals surface area contributed by atoms with E-state index in [1.165, 1.54) is 0 Å². The van der Waals surface area contributed by atoms with Gasteiger partial charge in [0.2, 0.25) is 0 Å². The number of carbonyl (C=O) groups is 1. The molecular weight excluding hydrogens is 196 g/mol. The van der Waals surface area contributed by atoms with Crippen LogP contribution in [0.2, 0.25) is 0 Å². The van der Waals surface area contributed by atoms with Gasteiger partial charge in [-0.15, -0.1) is 0 Å². The van der Waals surface area contributed by atoms with E-state index in [0.29, 0.717) is 30.3 Å². The van der Waals surface area contributed by atoms with Crippen molar-refractivity contribution >= 4 is 5.91 Å². The Hall–Kier alpha value is -1.75. The van der Waals surface area contributed by atoms with Crippen molar-refractivity contribution in [3.8, 4) is 11.5 Å². The van der Waals surface area contributed by atoms with E-state index in [0.717, 1.165) is 5.56 Å². The quantitative estimate of drug-likeness (QED) is 0.397. The largest absolute Gasteiger partial charge is 0.486 e. The fraction of sp³-hybridized carbons (Fsp3) is 0.300. The first-order valence-electron chi connectivity index (χ1n) is 4.63. The monoisotopic (exact) mass is 208 g/mol. The summed E-state index contributed by atoms with van der Waals surface area (Å²) in [5.41, 5.74) is 3.40. The number of nitrogens with two attached hydrogens (primary N) is 1. The highest BCUT2D eigenvalue weighted by Crippen LogP contribution is 2.32. The molecule has 0 bridgehead atoms. The van der Waals surface area contributed by atoms with E-state index in [1.807, 2.05) is 6.92 Å². The molecule has 0 radical (unpaired) electrons. The number of hydrazine groups is 1. The summed E-state index contributed by atoms with van der Waals surface area (Å²) in [6.07, 6.45) is 0. The van der Waals surface area contributed by atoms with Gasteiger partial charge in [-0.1, -0.05) is 0 Å². The molecule has 1 aliphatic heterocycles. The van der Waals surface area contributed by atoms with Gasteiger partial charge in [0.05, 0.1) is 0 Å². The maximum Gasteiger partial charge on any atom is 0.265 e. The molecule has 15 heavy (non-hydrogen) atoms. The molecule has 0 spiro atoms. The van der Waals surface area contributed by atoms with Gasteiger partial charge >= 0.3 is 0 Å². The third-order valence-electron chi connectivity index (χ3n) is 2.26. The number of carbonyl (C=O) groups excluding carboxylic acids is 1. The highest BCUT2D eigenvalue weighted by atomic mass is 16.6. The van der Waals surface area contributed by atoms with Gasteiger partial charge in [0.1, 0.15) is 13.2 Å². The molecule has 0 saturated heterocycles. The minimum atomic E-state index is -0.329. The van der Waals surface area contributed by atoms with Crippen LogP contribution in [0.4, 0.5) is 0 Å². The Balaban J connectivity index is 2.44. The van der Waals surface area contributed by atoms with Crippen molar-refractivity contribution in [3.63, 3.8) is 0 Å². The molecule has 1 heterocycles. The molecule has 0 saturated carbocycles.